The van der Waals surface area contributed by atoms with Crippen molar-refractivity contribution in [3.63, 3.8) is 0 Å². The first-order valence-corrected chi connectivity index (χ1v) is 7.60. The predicted molar refractivity (Wildman–Crippen MR) is 82.5 cm³/mol. The number of nitrogens with zero attached hydrogens (tertiary/aromatic N) is 1. The third-order valence-corrected chi connectivity index (χ3v) is 5.70. The molecule has 5 heteroatoms. The number of nitrogens with one attached hydrogen (secondary N) is 2. The Morgan fingerprint density at radius 3 is 2.81 bits per heavy atom. The molecule has 2 aliphatic rings. The summed E-state index contributed by atoms with van der Waals surface area (Å²) in [6.45, 7) is 6.86. The molecule has 5 nitrogen and oxygen atoms in total. The maximum Gasteiger partial charge on any atom is 0.270 e. The van der Waals surface area contributed by atoms with Gasteiger partial charge in [-0.3, -0.25) is 15.6 Å². The predicted octanol–water partition coefficient (Wildman–Crippen LogP) is 2.31. The Balaban J connectivity index is 1.81. The van der Waals surface area contributed by atoms with Gasteiger partial charge in [0.15, 0.2) is 0 Å². The van der Waals surface area contributed by atoms with Crippen LogP contribution in [0.25, 0.3) is 0 Å². The molecule has 2 fully saturated rings. The molecule has 1 aromatic rings. The molecule has 2 aliphatic carbocycles. The van der Waals surface area contributed by atoms with Gasteiger partial charge in [-0.1, -0.05) is 20.8 Å². The highest BCUT2D eigenvalue weighted by Gasteiger charge is 2.59. The smallest absolute Gasteiger partial charge is 0.270 e. The van der Waals surface area contributed by atoms with Crippen LogP contribution in [0.15, 0.2) is 18.3 Å². The summed E-state index contributed by atoms with van der Waals surface area (Å²) in [5.74, 6) is 5.98. The van der Waals surface area contributed by atoms with Crippen molar-refractivity contribution >= 4 is 11.6 Å². The number of rotatable bonds is 3. The number of nitrogens with two attached hydrogens (primary N) is 1. The molecular formula is C16H24N4O. The zero-order valence-corrected chi connectivity index (χ0v) is 12.9. The minimum atomic E-state index is -0.112. The molecule has 0 saturated heterocycles. The minimum Gasteiger partial charge on any atom is -0.347 e. The molecule has 0 radical (unpaired) electrons. The van der Waals surface area contributed by atoms with E-state index in [1.165, 1.54) is 19.3 Å². The summed E-state index contributed by atoms with van der Waals surface area (Å²) in [7, 11) is 0. The Kier molecular flexibility index (Phi) is 3.20. The number of hydrogen-bond acceptors (Lipinski definition) is 4. The van der Waals surface area contributed by atoms with Crippen molar-refractivity contribution in [2.45, 2.75) is 46.1 Å². The number of pyridine rings is 1. The molecule has 0 aromatic carbocycles. The van der Waals surface area contributed by atoms with Gasteiger partial charge in [0.2, 0.25) is 0 Å². The van der Waals surface area contributed by atoms with Crippen LogP contribution in [0, 0.1) is 16.7 Å². The third kappa shape index (κ3) is 2.20. The van der Waals surface area contributed by atoms with Gasteiger partial charge in [0.25, 0.3) is 5.91 Å². The highest BCUT2D eigenvalue weighted by atomic mass is 16.2. The van der Waals surface area contributed by atoms with Gasteiger partial charge in [0.05, 0.1) is 5.69 Å². The van der Waals surface area contributed by atoms with Crippen LogP contribution in [0.1, 0.15) is 50.5 Å². The fourth-order valence-corrected chi connectivity index (χ4v) is 4.51. The lowest BCUT2D eigenvalue weighted by atomic mass is 9.68. The van der Waals surface area contributed by atoms with Gasteiger partial charge in [-0.15, -0.1) is 0 Å². The van der Waals surface area contributed by atoms with E-state index in [9.17, 15) is 4.79 Å². The van der Waals surface area contributed by atoms with Gasteiger partial charge in [-0.2, -0.15) is 0 Å². The fraction of sp³-hybridized carbons (Fsp3) is 0.625. The number of hydrazine groups is 1. The topological polar surface area (TPSA) is 80.0 Å². The maximum absolute atomic E-state index is 12.5. The molecule has 0 spiro atoms. The lowest BCUT2D eigenvalue weighted by Gasteiger charge is -2.43. The van der Waals surface area contributed by atoms with Crippen LogP contribution in [0.3, 0.4) is 0 Å². The second-order valence-corrected chi connectivity index (χ2v) is 7.40. The fourth-order valence-electron chi connectivity index (χ4n) is 4.51. The van der Waals surface area contributed by atoms with Crippen molar-refractivity contribution in [1.29, 1.82) is 0 Å². The Labute approximate surface area is 125 Å². The summed E-state index contributed by atoms with van der Waals surface area (Å²) in [4.78, 5) is 16.7. The van der Waals surface area contributed by atoms with Crippen molar-refractivity contribution in [3.8, 4) is 0 Å². The van der Waals surface area contributed by atoms with Gasteiger partial charge < -0.3 is 10.7 Å². The first-order chi connectivity index (χ1) is 9.87. The van der Waals surface area contributed by atoms with Gasteiger partial charge in [-0.25, -0.2) is 0 Å². The molecule has 2 bridgehead atoms. The lowest BCUT2D eigenvalue weighted by molar-refractivity contribution is 0.0733. The molecule has 0 aliphatic heterocycles. The quantitative estimate of drug-likeness (QED) is 0.589. The summed E-state index contributed by atoms with van der Waals surface area (Å²) in [6.07, 6.45) is 5.28. The van der Waals surface area contributed by atoms with E-state index in [1.807, 2.05) is 0 Å². The van der Waals surface area contributed by atoms with E-state index in [4.69, 9.17) is 5.84 Å². The second kappa shape index (κ2) is 4.70. The molecule has 3 atom stereocenters. The number of anilines is 1. The van der Waals surface area contributed by atoms with Crippen LogP contribution < -0.4 is 16.6 Å². The molecule has 3 unspecified atom stereocenters. The number of carbonyl (C=O) groups is 1. The number of amides is 1. The number of fused-ring (bicyclic) bond motifs is 2. The molecule has 2 saturated carbocycles. The van der Waals surface area contributed by atoms with Crippen molar-refractivity contribution in [2.75, 3.05) is 5.43 Å². The Bertz CT molecular complexity index is 566. The highest BCUT2D eigenvalue weighted by molar-refractivity contribution is 5.93. The van der Waals surface area contributed by atoms with E-state index in [-0.39, 0.29) is 22.8 Å². The van der Waals surface area contributed by atoms with E-state index < -0.39 is 0 Å². The molecule has 1 amide bonds. The summed E-state index contributed by atoms with van der Waals surface area (Å²) in [6, 6.07) is 3.62. The van der Waals surface area contributed by atoms with Crippen LogP contribution in [0.2, 0.25) is 0 Å². The molecule has 1 heterocycles. The first-order valence-electron chi connectivity index (χ1n) is 7.60. The van der Waals surface area contributed by atoms with Crippen molar-refractivity contribution in [1.82, 2.24) is 10.3 Å². The average Bonchev–Trinajstić information content (AvgIpc) is 2.94. The molecule has 4 N–H and O–H groups in total. The molecule has 1 aromatic heterocycles. The van der Waals surface area contributed by atoms with Crippen LogP contribution in [-0.4, -0.2) is 16.9 Å². The SMILES string of the molecule is CC12CCC(C1)C(C)(C)C2NC(=O)c1cc(NN)ccn1. The Hall–Kier alpha value is -1.62. The first kappa shape index (κ1) is 14.3. The van der Waals surface area contributed by atoms with Gasteiger partial charge in [0, 0.05) is 12.2 Å². The summed E-state index contributed by atoms with van der Waals surface area (Å²) in [5, 5.41) is 3.24. The van der Waals surface area contributed by atoms with E-state index >= 15 is 0 Å². The van der Waals surface area contributed by atoms with Crippen LogP contribution >= 0.6 is 0 Å². The van der Waals surface area contributed by atoms with Crippen LogP contribution in [0.4, 0.5) is 5.69 Å². The molecule has 3 rings (SSSR count). The standard InChI is InChI=1S/C16H24N4O/c1-15(2)10-4-6-16(3,9-10)14(15)19-13(21)12-8-11(20-17)5-7-18-12/h5,7-8,10,14H,4,6,9,17H2,1-3H3,(H,18,20)(H,19,21). The zero-order valence-electron chi connectivity index (χ0n) is 12.9. The minimum absolute atomic E-state index is 0.112. The average molecular weight is 288 g/mol. The summed E-state index contributed by atoms with van der Waals surface area (Å²) in [5.41, 5.74) is 4.01. The number of carbonyl (C=O) groups excluding carboxylic acids is 1. The normalized spacial score (nSPS) is 33.0. The second-order valence-electron chi connectivity index (χ2n) is 7.40. The van der Waals surface area contributed by atoms with E-state index in [1.54, 1.807) is 18.3 Å². The van der Waals surface area contributed by atoms with Gasteiger partial charge in [-0.05, 0) is 48.1 Å². The molecule has 21 heavy (non-hydrogen) atoms. The largest absolute Gasteiger partial charge is 0.347 e. The lowest BCUT2D eigenvalue weighted by Crippen LogP contribution is -2.52. The van der Waals surface area contributed by atoms with E-state index in [0.29, 0.717) is 17.3 Å². The number of nitrogen functional groups attached to an aromatic ring is 1. The highest BCUT2D eigenvalue weighted by Crippen LogP contribution is 2.62. The van der Waals surface area contributed by atoms with Gasteiger partial charge >= 0.3 is 0 Å². The number of aromatic nitrogens is 1. The van der Waals surface area contributed by atoms with Crippen LogP contribution in [-0.2, 0) is 0 Å². The van der Waals surface area contributed by atoms with Crippen molar-refractivity contribution < 1.29 is 4.79 Å². The number of hydrogen-bond donors (Lipinski definition) is 3. The third-order valence-electron chi connectivity index (χ3n) is 5.70. The Morgan fingerprint density at radius 2 is 2.19 bits per heavy atom. The summed E-state index contributed by atoms with van der Waals surface area (Å²) >= 11 is 0. The zero-order chi connectivity index (χ0) is 15.3. The van der Waals surface area contributed by atoms with Gasteiger partial charge in [0.1, 0.15) is 5.69 Å². The molecule has 114 valence electrons. The van der Waals surface area contributed by atoms with E-state index in [0.717, 1.165) is 0 Å². The monoisotopic (exact) mass is 288 g/mol. The van der Waals surface area contributed by atoms with Crippen molar-refractivity contribution in [2.24, 2.45) is 22.6 Å². The van der Waals surface area contributed by atoms with E-state index in [2.05, 4.69) is 36.5 Å². The Morgan fingerprint density at radius 1 is 1.43 bits per heavy atom. The maximum atomic E-state index is 12.5. The molecular weight excluding hydrogens is 264 g/mol. The summed E-state index contributed by atoms with van der Waals surface area (Å²) < 4.78 is 0. The van der Waals surface area contributed by atoms with Crippen molar-refractivity contribution in [3.05, 3.63) is 24.0 Å². The van der Waals surface area contributed by atoms with Crippen LogP contribution in [0.5, 0.6) is 0 Å².